The predicted octanol–water partition coefficient (Wildman–Crippen LogP) is 5.94. The molecule has 0 bridgehead atoms. The average Bonchev–Trinajstić information content (AvgIpc) is 2.53. The van der Waals surface area contributed by atoms with Gasteiger partial charge in [-0.3, -0.25) is 0 Å². The summed E-state index contributed by atoms with van der Waals surface area (Å²) in [4.78, 5) is 0. The molecule has 0 N–H and O–H groups in total. The van der Waals surface area contributed by atoms with Crippen LogP contribution in [0.2, 0.25) is 0 Å². The Labute approximate surface area is 138 Å². The molecule has 2 aromatic rings. The van der Waals surface area contributed by atoms with Crippen molar-refractivity contribution in [2.24, 2.45) is 0 Å². The minimum Gasteiger partial charge on any atom is -0.486 e. The Morgan fingerprint density at radius 1 is 1.00 bits per heavy atom. The smallest absolute Gasteiger partial charge is 0.409 e. The summed E-state index contributed by atoms with van der Waals surface area (Å²) in [6.07, 6.45) is -1.47. The Balaban J connectivity index is 2.05. The highest BCUT2D eigenvalue weighted by Gasteiger charge is 2.21. The van der Waals surface area contributed by atoms with Gasteiger partial charge >= 0.3 is 6.18 Å². The molecule has 0 aromatic heterocycles. The molecule has 0 saturated heterocycles. The summed E-state index contributed by atoms with van der Waals surface area (Å²) >= 11 is 0. The van der Waals surface area contributed by atoms with Gasteiger partial charge in [0.05, 0.1) is 0 Å². The van der Waals surface area contributed by atoms with Crippen molar-refractivity contribution in [3.05, 3.63) is 66.0 Å². The van der Waals surface area contributed by atoms with Crippen molar-refractivity contribution in [1.29, 1.82) is 0 Å². The predicted molar refractivity (Wildman–Crippen MR) is 86.5 cm³/mol. The van der Waals surface area contributed by atoms with E-state index in [2.05, 4.69) is 6.92 Å². The Kier molecular flexibility index (Phi) is 6.01. The molecule has 0 aliphatic heterocycles. The van der Waals surface area contributed by atoms with Gasteiger partial charge in [0.15, 0.2) is 11.6 Å². The molecule has 0 radical (unpaired) electrons. The third-order valence-corrected chi connectivity index (χ3v) is 3.40. The number of rotatable bonds is 6. The number of hydrogen-bond acceptors (Lipinski definition) is 1. The molecule has 2 rings (SSSR count). The molecule has 2 aromatic carbocycles. The second-order valence-electron chi connectivity index (χ2n) is 5.35. The zero-order valence-electron chi connectivity index (χ0n) is 13.2. The van der Waals surface area contributed by atoms with Crippen molar-refractivity contribution in [2.45, 2.75) is 25.9 Å². The van der Waals surface area contributed by atoms with Crippen LogP contribution < -0.4 is 4.74 Å². The highest BCUT2D eigenvalue weighted by molar-refractivity contribution is 5.64. The second kappa shape index (κ2) is 7.99. The summed E-state index contributed by atoms with van der Waals surface area (Å²) in [6, 6.07) is 12.3. The van der Waals surface area contributed by atoms with Gasteiger partial charge in [-0.25, -0.2) is 4.39 Å². The topological polar surface area (TPSA) is 9.23 Å². The van der Waals surface area contributed by atoms with Gasteiger partial charge in [-0.2, -0.15) is 13.2 Å². The fourth-order valence-electron chi connectivity index (χ4n) is 2.27. The van der Waals surface area contributed by atoms with E-state index in [0.717, 1.165) is 24.5 Å². The molecule has 0 aliphatic carbocycles. The Bertz CT molecular complexity index is 688. The highest BCUT2D eigenvalue weighted by Crippen LogP contribution is 2.26. The van der Waals surface area contributed by atoms with E-state index in [0.29, 0.717) is 5.56 Å². The van der Waals surface area contributed by atoms with Crippen LogP contribution in [0.15, 0.2) is 54.6 Å². The SMILES string of the molecule is CCCc1ccc(-c2ccc(OCC=CC(F)(F)F)c(F)c2)cc1. The molecule has 0 aliphatic rings. The first-order valence-electron chi connectivity index (χ1n) is 7.65. The van der Waals surface area contributed by atoms with Crippen molar-refractivity contribution in [2.75, 3.05) is 6.61 Å². The number of allylic oxidation sites excluding steroid dienone is 1. The van der Waals surface area contributed by atoms with Crippen molar-refractivity contribution in [3.8, 4) is 16.9 Å². The Hall–Kier alpha value is -2.30. The molecule has 0 spiro atoms. The molecular weight excluding hydrogens is 320 g/mol. The maximum Gasteiger partial charge on any atom is 0.409 e. The molecule has 128 valence electrons. The van der Waals surface area contributed by atoms with Crippen LogP contribution in [0.25, 0.3) is 11.1 Å². The van der Waals surface area contributed by atoms with E-state index in [4.69, 9.17) is 4.74 Å². The normalized spacial score (nSPS) is 11.9. The maximum atomic E-state index is 14.0. The molecule has 1 nitrogen and oxygen atoms in total. The largest absolute Gasteiger partial charge is 0.486 e. The monoisotopic (exact) mass is 338 g/mol. The van der Waals surface area contributed by atoms with Gasteiger partial charge in [-0.1, -0.05) is 43.7 Å². The van der Waals surface area contributed by atoms with Gasteiger partial charge < -0.3 is 4.74 Å². The number of hydrogen-bond donors (Lipinski definition) is 0. The molecular formula is C19H18F4O. The standard InChI is InChI=1S/C19H18F4O/c1-2-4-14-5-7-15(8-6-14)16-9-10-18(17(20)13-16)24-12-3-11-19(21,22)23/h3,5-11,13H,2,4,12H2,1H3. The first-order valence-corrected chi connectivity index (χ1v) is 7.65. The van der Waals surface area contributed by atoms with Crippen LogP contribution in [0.1, 0.15) is 18.9 Å². The Morgan fingerprint density at radius 2 is 1.67 bits per heavy atom. The van der Waals surface area contributed by atoms with Gasteiger partial charge in [0.25, 0.3) is 0 Å². The van der Waals surface area contributed by atoms with Crippen molar-refractivity contribution in [3.63, 3.8) is 0 Å². The van der Waals surface area contributed by atoms with E-state index in [9.17, 15) is 17.6 Å². The lowest BCUT2D eigenvalue weighted by Crippen LogP contribution is -2.03. The van der Waals surface area contributed by atoms with Crippen LogP contribution >= 0.6 is 0 Å². The molecule has 0 heterocycles. The van der Waals surface area contributed by atoms with E-state index in [-0.39, 0.29) is 18.4 Å². The fourth-order valence-corrected chi connectivity index (χ4v) is 2.27. The van der Waals surface area contributed by atoms with Crippen LogP contribution in [0.3, 0.4) is 0 Å². The number of halogens is 4. The zero-order valence-corrected chi connectivity index (χ0v) is 13.2. The lowest BCUT2D eigenvalue weighted by atomic mass is 10.0. The summed E-state index contributed by atoms with van der Waals surface area (Å²) in [5.41, 5.74) is 2.78. The van der Waals surface area contributed by atoms with Crippen LogP contribution in [0, 0.1) is 5.82 Å². The quantitative estimate of drug-likeness (QED) is 0.468. The van der Waals surface area contributed by atoms with Gasteiger partial charge in [-0.15, -0.1) is 0 Å². The molecule has 0 fully saturated rings. The van der Waals surface area contributed by atoms with Crippen molar-refractivity contribution in [1.82, 2.24) is 0 Å². The number of aryl methyl sites for hydroxylation is 1. The molecule has 0 atom stereocenters. The van der Waals surface area contributed by atoms with Gasteiger partial charge in [0, 0.05) is 6.08 Å². The summed E-state index contributed by atoms with van der Waals surface area (Å²) in [5, 5.41) is 0. The van der Waals surface area contributed by atoms with E-state index in [1.165, 1.54) is 17.7 Å². The molecule has 24 heavy (non-hydrogen) atoms. The van der Waals surface area contributed by atoms with Crippen LogP contribution in [0.4, 0.5) is 17.6 Å². The first kappa shape index (κ1) is 18.0. The maximum absolute atomic E-state index is 14.0. The van der Waals surface area contributed by atoms with Gasteiger partial charge in [0.2, 0.25) is 0 Å². The first-order chi connectivity index (χ1) is 11.4. The highest BCUT2D eigenvalue weighted by atomic mass is 19.4. The van der Waals surface area contributed by atoms with Gasteiger partial charge in [0.1, 0.15) is 6.61 Å². The lowest BCUT2D eigenvalue weighted by molar-refractivity contribution is -0.0801. The zero-order chi connectivity index (χ0) is 17.6. The van der Waals surface area contributed by atoms with Gasteiger partial charge in [-0.05, 0) is 41.3 Å². The Morgan fingerprint density at radius 3 is 2.25 bits per heavy atom. The number of benzene rings is 2. The van der Waals surface area contributed by atoms with E-state index in [1.807, 2.05) is 24.3 Å². The minimum atomic E-state index is -4.39. The van der Waals surface area contributed by atoms with E-state index >= 15 is 0 Å². The summed E-state index contributed by atoms with van der Waals surface area (Å²) in [6.45, 7) is 1.76. The van der Waals surface area contributed by atoms with E-state index in [1.54, 1.807) is 6.07 Å². The number of alkyl halides is 3. The second-order valence-corrected chi connectivity index (χ2v) is 5.35. The third kappa shape index (κ3) is 5.41. The summed E-state index contributed by atoms with van der Waals surface area (Å²) in [7, 11) is 0. The summed E-state index contributed by atoms with van der Waals surface area (Å²) in [5.74, 6) is -0.682. The lowest BCUT2D eigenvalue weighted by Gasteiger charge is -2.08. The van der Waals surface area contributed by atoms with Crippen LogP contribution in [-0.4, -0.2) is 12.8 Å². The molecule has 5 heteroatoms. The fraction of sp³-hybridized carbons (Fsp3) is 0.263. The third-order valence-electron chi connectivity index (χ3n) is 3.40. The van der Waals surface area contributed by atoms with E-state index < -0.39 is 12.0 Å². The van der Waals surface area contributed by atoms with Crippen molar-refractivity contribution < 1.29 is 22.3 Å². The van der Waals surface area contributed by atoms with Crippen molar-refractivity contribution >= 4 is 0 Å². The summed E-state index contributed by atoms with van der Waals surface area (Å²) < 4.78 is 54.9. The molecule has 0 saturated carbocycles. The average molecular weight is 338 g/mol. The number of ether oxygens (including phenoxy) is 1. The molecule has 0 unspecified atom stereocenters. The molecule has 0 amide bonds. The van der Waals surface area contributed by atoms with Crippen LogP contribution in [-0.2, 0) is 6.42 Å². The van der Waals surface area contributed by atoms with Crippen LogP contribution in [0.5, 0.6) is 5.75 Å². The minimum absolute atomic E-state index is 0.0666.